The van der Waals surface area contributed by atoms with Crippen LogP contribution >= 0.6 is 0 Å². The van der Waals surface area contributed by atoms with Crippen molar-refractivity contribution < 1.29 is 14.7 Å². The molecule has 0 aliphatic heterocycles. The van der Waals surface area contributed by atoms with Crippen LogP contribution in [0.2, 0.25) is 0 Å². The van der Waals surface area contributed by atoms with E-state index in [1.807, 2.05) is 6.07 Å². The highest BCUT2D eigenvalue weighted by atomic mass is 33.4. The second-order valence-electron chi connectivity index (χ2n) is 5.59. The maximum atomic E-state index is 11.6. The Morgan fingerprint density at radius 3 is 2.19 bits per heavy atom. The van der Waals surface area contributed by atoms with E-state index in [0.29, 0.717) is 16.7 Å². The van der Waals surface area contributed by atoms with Gasteiger partial charge in [-0.05, 0) is 24.6 Å². The number of carboxylic acids is 1. The van der Waals surface area contributed by atoms with Crippen molar-refractivity contribution >= 4 is 98.4 Å². The van der Waals surface area contributed by atoms with Gasteiger partial charge in [-0.25, -0.2) is 9.97 Å². The molecule has 1 aromatic carbocycles. The van der Waals surface area contributed by atoms with Crippen molar-refractivity contribution in [2.75, 3.05) is 0 Å². The monoisotopic (exact) mass is 566 g/mol. The number of primary amides is 1. The average Bonchev–Trinajstić information content (AvgIpc) is 3.10. The molecule has 0 spiro atoms. The first-order valence-corrected chi connectivity index (χ1v) is 17.4. The third-order valence-corrected chi connectivity index (χ3v) is 14.8. The number of nitrogens with two attached hydrogens (primary N) is 1. The fourth-order valence-electron chi connectivity index (χ4n) is 2.54. The average molecular weight is 567 g/mol. The summed E-state index contributed by atoms with van der Waals surface area (Å²) in [6.45, 7) is 1.56. The number of benzene rings is 1. The van der Waals surface area contributed by atoms with E-state index in [-0.39, 0.29) is 12.1 Å². The largest absolute Gasteiger partial charge is 0.480 e. The third-order valence-electron chi connectivity index (χ3n) is 3.71. The lowest BCUT2D eigenvalue weighted by Gasteiger charge is -2.04. The molecule has 3 rings (SSSR count). The van der Waals surface area contributed by atoms with Crippen LogP contribution in [0.25, 0.3) is 22.0 Å². The minimum atomic E-state index is -0.992. The molecule has 3 N–H and O–H groups in total. The molecule has 0 bridgehead atoms. The zero-order valence-corrected chi connectivity index (χ0v) is 22.2. The SMILES string of the molecule is Cc1ncc(-c2ccc3c(c2)c(C(N)=O)cn3CC(=O)O)cn1.S=S=S=S=S=S=S=S. The van der Waals surface area contributed by atoms with Gasteiger partial charge in [0.15, 0.2) is 0 Å². The van der Waals surface area contributed by atoms with Gasteiger partial charge < -0.3 is 15.4 Å². The summed E-state index contributed by atoms with van der Waals surface area (Å²) in [5.41, 5.74) is 7.96. The van der Waals surface area contributed by atoms with Gasteiger partial charge in [0.1, 0.15) is 12.4 Å². The highest BCUT2D eigenvalue weighted by Gasteiger charge is 2.15. The molecule has 3 aromatic rings. The van der Waals surface area contributed by atoms with Crippen molar-refractivity contribution in [2.24, 2.45) is 5.73 Å². The Labute approximate surface area is 204 Å². The number of carbonyl (C=O) groups excluding carboxylic acids is 1. The van der Waals surface area contributed by atoms with Gasteiger partial charge in [0.2, 0.25) is 0 Å². The van der Waals surface area contributed by atoms with E-state index in [0.717, 1.165) is 11.1 Å². The minimum absolute atomic E-state index is 0.239. The molecule has 0 saturated heterocycles. The summed E-state index contributed by atoms with van der Waals surface area (Å²) >= 11 is 9.21. The van der Waals surface area contributed by atoms with Crippen LogP contribution in [0, 0.1) is 6.92 Å². The molecule has 0 saturated carbocycles. The second kappa shape index (κ2) is 13.2. The Morgan fingerprint density at radius 2 is 1.68 bits per heavy atom. The van der Waals surface area contributed by atoms with Crippen LogP contribution in [0.15, 0.2) is 36.8 Å². The Hall–Kier alpha value is -1.46. The second-order valence-corrected chi connectivity index (χ2v) is 16.2. The standard InChI is InChI=1S/C16H14N4O3.S8/c1-9-18-5-11(6-19-9)10-2-3-14-12(4-10)13(16(17)23)7-20(14)8-15(21)22;1-3-5-7-8-6-4-2/h2-7H,8H2,1H3,(H2,17,23)(H,21,22);. The van der Waals surface area contributed by atoms with E-state index in [2.05, 4.69) is 32.3 Å². The summed E-state index contributed by atoms with van der Waals surface area (Å²) < 4.78 is 1.49. The molecular formula is C16H14N4O3S8. The topological polar surface area (TPSA) is 111 Å². The molecule has 15 heteroatoms. The molecule has 1 amide bonds. The number of aryl methyl sites for hydroxylation is 1. The van der Waals surface area contributed by atoms with Crippen molar-refractivity contribution in [1.82, 2.24) is 14.5 Å². The first-order chi connectivity index (χ1) is 14.9. The third kappa shape index (κ3) is 7.87. The number of carbonyl (C=O) groups is 2. The lowest BCUT2D eigenvalue weighted by Crippen LogP contribution is -2.11. The summed E-state index contributed by atoms with van der Waals surface area (Å²) in [6, 6.07) is 5.39. The van der Waals surface area contributed by atoms with Crippen LogP contribution in [0.5, 0.6) is 0 Å². The van der Waals surface area contributed by atoms with E-state index < -0.39 is 11.9 Å². The predicted molar refractivity (Wildman–Crippen MR) is 143 cm³/mol. The van der Waals surface area contributed by atoms with Crippen LogP contribution < -0.4 is 5.73 Å². The Balaban J connectivity index is 0.000000366. The predicted octanol–water partition coefficient (Wildman–Crippen LogP) is 1.57. The number of aromatic nitrogens is 3. The maximum Gasteiger partial charge on any atom is 0.323 e. The van der Waals surface area contributed by atoms with Crippen LogP contribution in [0.4, 0.5) is 0 Å². The number of amides is 1. The molecule has 0 unspecified atom stereocenters. The lowest BCUT2D eigenvalue weighted by molar-refractivity contribution is -0.137. The van der Waals surface area contributed by atoms with Crippen LogP contribution in [-0.2, 0) is 87.0 Å². The van der Waals surface area contributed by atoms with Gasteiger partial charge in [-0.15, -0.1) is 0 Å². The summed E-state index contributed by atoms with van der Waals surface area (Å²) in [6.07, 6.45) is 4.86. The van der Waals surface area contributed by atoms with E-state index >= 15 is 0 Å². The molecule has 164 valence electrons. The zero-order valence-electron chi connectivity index (χ0n) is 15.6. The molecule has 2 aromatic heterocycles. The van der Waals surface area contributed by atoms with Crippen LogP contribution in [0.1, 0.15) is 16.2 Å². The fraction of sp³-hybridized carbons (Fsp3) is 0.125. The maximum absolute atomic E-state index is 11.6. The number of aliphatic carboxylic acids is 1. The molecule has 7 nitrogen and oxygen atoms in total. The summed E-state index contributed by atoms with van der Waals surface area (Å²) in [7, 11) is 9.12. The summed E-state index contributed by atoms with van der Waals surface area (Å²) in [5.74, 6) is -0.925. The van der Waals surface area contributed by atoms with Crippen molar-refractivity contribution in [3.05, 3.63) is 48.2 Å². The number of hydrogen-bond donors (Lipinski definition) is 2. The van der Waals surface area contributed by atoms with E-state index in [1.54, 1.807) is 67.0 Å². The van der Waals surface area contributed by atoms with Crippen LogP contribution in [0.3, 0.4) is 0 Å². The smallest absolute Gasteiger partial charge is 0.323 e. The highest BCUT2D eigenvalue weighted by molar-refractivity contribution is 8.70. The molecular weight excluding hydrogens is 553 g/mol. The van der Waals surface area contributed by atoms with Crippen LogP contribution in [-0.4, -0.2) is 31.5 Å². The molecule has 31 heavy (non-hydrogen) atoms. The fourth-order valence-corrected chi connectivity index (χ4v) is 13.5. The van der Waals surface area contributed by atoms with E-state index in [4.69, 9.17) is 10.8 Å². The number of nitrogens with zero attached hydrogens (tertiary/aromatic N) is 3. The van der Waals surface area contributed by atoms with Gasteiger partial charge in [-0.2, -0.15) is 0 Å². The number of hydrogen-bond acceptors (Lipinski definition) is 6. The Kier molecular flexibility index (Phi) is 11.0. The lowest BCUT2D eigenvalue weighted by atomic mass is 10.0. The zero-order chi connectivity index (χ0) is 22.8. The molecule has 0 fully saturated rings. The minimum Gasteiger partial charge on any atom is -0.480 e. The van der Waals surface area contributed by atoms with Gasteiger partial charge in [-0.1, -0.05) is 6.07 Å². The normalized spacial score (nSPS) is 9.71. The summed E-state index contributed by atoms with van der Waals surface area (Å²) in [4.78, 5) is 30.9. The number of fused-ring (bicyclic) bond motifs is 1. The first kappa shape index (κ1) is 25.8. The van der Waals surface area contributed by atoms with Gasteiger partial charge in [0, 0.05) is 111 Å². The Bertz CT molecular complexity index is 1350. The van der Waals surface area contributed by atoms with E-state index in [1.165, 1.54) is 28.5 Å². The molecule has 2 heterocycles. The van der Waals surface area contributed by atoms with Gasteiger partial charge in [0.05, 0.1) is 5.56 Å². The molecule has 0 radical (unpaired) electrons. The Morgan fingerprint density at radius 1 is 1.06 bits per heavy atom. The van der Waals surface area contributed by atoms with Crippen molar-refractivity contribution in [1.29, 1.82) is 0 Å². The molecule has 0 atom stereocenters. The van der Waals surface area contributed by atoms with Crippen molar-refractivity contribution in [3.8, 4) is 11.1 Å². The number of rotatable bonds is 4. The molecule has 0 aliphatic carbocycles. The first-order valence-electron chi connectivity index (χ1n) is 8.06. The van der Waals surface area contributed by atoms with Gasteiger partial charge >= 0.3 is 5.97 Å². The molecule has 0 aliphatic rings. The van der Waals surface area contributed by atoms with Crippen molar-refractivity contribution in [2.45, 2.75) is 13.5 Å². The quantitative estimate of drug-likeness (QED) is 0.493. The highest BCUT2D eigenvalue weighted by Crippen LogP contribution is 2.27. The van der Waals surface area contributed by atoms with Crippen molar-refractivity contribution in [3.63, 3.8) is 0 Å². The van der Waals surface area contributed by atoms with Gasteiger partial charge in [-0.3, -0.25) is 9.59 Å². The number of carboxylic acid groups (broad SMARTS) is 1. The van der Waals surface area contributed by atoms with Gasteiger partial charge in [0.25, 0.3) is 5.91 Å². The summed E-state index contributed by atoms with van der Waals surface area (Å²) in [5, 5.41) is 9.59. The van der Waals surface area contributed by atoms with E-state index in [9.17, 15) is 9.59 Å².